The maximum Gasteiger partial charge on any atom is 0.191 e. The quantitative estimate of drug-likeness (QED) is 0.441. The second-order valence-electron chi connectivity index (χ2n) is 5.08. The normalized spacial score (nSPS) is 13.6. The van der Waals surface area contributed by atoms with Crippen molar-refractivity contribution in [2.45, 2.75) is 39.4 Å². The van der Waals surface area contributed by atoms with Gasteiger partial charge in [-0.1, -0.05) is 0 Å². The molecule has 0 unspecified atom stereocenters. The SMILES string of the molecule is CN=C(NCc1ccc(C)s1)NCc1nnc2n1CCC2.I. The first-order valence-electron chi connectivity index (χ1n) is 7.17. The van der Waals surface area contributed by atoms with Crippen LogP contribution in [-0.2, 0) is 26.1 Å². The molecule has 0 saturated heterocycles. The van der Waals surface area contributed by atoms with Crippen molar-refractivity contribution >= 4 is 41.3 Å². The molecule has 120 valence electrons. The Balaban J connectivity index is 0.00000176. The smallest absolute Gasteiger partial charge is 0.191 e. The number of halogens is 1. The molecule has 2 N–H and O–H groups in total. The third-order valence-corrected chi connectivity index (χ3v) is 4.55. The number of hydrogen-bond acceptors (Lipinski definition) is 4. The molecule has 6 nitrogen and oxygen atoms in total. The second kappa shape index (κ2) is 7.91. The topological polar surface area (TPSA) is 67.1 Å². The van der Waals surface area contributed by atoms with Gasteiger partial charge in [-0.3, -0.25) is 4.99 Å². The van der Waals surface area contributed by atoms with Crippen LogP contribution in [-0.4, -0.2) is 27.8 Å². The predicted octanol–water partition coefficient (Wildman–Crippen LogP) is 2.08. The molecule has 0 bridgehead atoms. The molecule has 22 heavy (non-hydrogen) atoms. The molecule has 1 aliphatic heterocycles. The minimum Gasteiger partial charge on any atom is -0.352 e. The molecule has 0 aromatic carbocycles. The van der Waals surface area contributed by atoms with E-state index in [1.165, 1.54) is 16.2 Å². The minimum absolute atomic E-state index is 0. The van der Waals surface area contributed by atoms with Crippen LogP contribution >= 0.6 is 35.3 Å². The summed E-state index contributed by atoms with van der Waals surface area (Å²) in [5, 5.41) is 15.1. The van der Waals surface area contributed by atoms with E-state index >= 15 is 0 Å². The fourth-order valence-electron chi connectivity index (χ4n) is 2.48. The molecule has 8 heteroatoms. The number of rotatable bonds is 4. The fraction of sp³-hybridized carbons (Fsp3) is 0.500. The monoisotopic (exact) mass is 432 g/mol. The van der Waals surface area contributed by atoms with Crippen LogP contribution in [0.1, 0.15) is 27.8 Å². The standard InChI is InChI=1S/C14H20N6S.HI/c1-10-5-6-11(21-10)8-16-14(15-2)17-9-13-19-18-12-4-3-7-20(12)13;/h5-6H,3-4,7-9H2,1-2H3,(H2,15,16,17);1H. The molecule has 2 aromatic heterocycles. The van der Waals surface area contributed by atoms with Crippen molar-refractivity contribution in [1.82, 2.24) is 25.4 Å². The number of aliphatic imine (C=N–C) groups is 1. The lowest BCUT2D eigenvalue weighted by Gasteiger charge is -2.11. The van der Waals surface area contributed by atoms with Gasteiger partial charge in [0.2, 0.25) is 0 Å². The molecule has 0 amide bonds. The number of aryl methyl sites for hydroxylation is 2. The Bertz CT molecular complexity index is 648. The van der Waals surface area contributed by atoms with E-state index in [0.29, 0.717) is 6.54 Å². The van der Waals surface area contributed by atoms with Crippen LogP contribution in [0.15, 0.2) is 17.1 Å². The highest BCUT2D eigenvalue weighted by Crippen LogP contribution is 2.15. The summed E-state index contributed by atoms with van der Waals surface area (Å²) in [6, 6.07) is 4.28. The Morgan fingerprint density at radius 1 is 1.32 bits per heavy atom. The van der Waals surface area contributed by atoms with Crippen molar-refractivity contribution in [1.29, 1.82) is 0 Å². The van der Waals surface area contributed by atoms with Gasteiger partial charge in [0.15, 0.2) is 11.8 Å². The molecule has 3 rings (SSSR count). The molecule has 0 spiro atoms. The van der Waals surface area contributed by atoms with E-state index in [1.807, 2.05) is 0 Å². The van der Waals surface area contributed by atoms with Crippen molar-refractivity contribution in [3.05, 3.63) is 33.5 Å². The van der Waals surface area contributed by atoms with Gasteiger partial charge in [0.1, 0.15) is 5.82 Å². The summed E-state index contributed by atoms with van der Waals surface area (Å²) in [5.74, 6) is 2.87. The van der Waals surface area contributed by atoms with Crippen molar-refractivity contribution < 1.29 is 0 Å². The van der Waals surface area contributed by atoms with E-state index in [2.05, 4.69) is 49.4 Å². The molecule has 1 aliphatic rings. The average Bonchev–Trinajstić information content (AvgIpc) is 3.17. The molecule has 3 heterocycles. The van der Waals surface area contributed by atoms with Crippen LogP contribution in [0.5, 0.6) is 0 Å². The first-order valence-corrected chi connectivity index (χ1v) is 7.98. The van der Waals surface area contributed by atoms with Gasteiger partial charge in [-0.2, -0.15) is 0 Å². The van der Waals surface area contributed by atoms with E-state index < -0.39 is 0 Å². The number of guanidine groups is 1. The van der Waals surface area contributed by atoms with Gasteiger partial charge >= 0.3 is 0 Å². The number of nitrogens with zero attached hydrogens (tertiary/aromatic N) is 4. The fourth-order valence-corrected chi connectivity index (χ4v) is 3.31. The predicted molar refractivity (Wildman–Crippen MR) is 99.9 cm³/mol. The molecule has 0 aliphatic carbocycles. The highest BCUT2D eigenvalue weighted by atomic mass is 127. The number of thiophene rings is 1. The first-order chi connectivity index (χ1) is 10.3. The van der Waals surface area contributed by atoms with Crippen LogP contribution < -0.4 is 10.6 Å². The van der Waals surface area contributed by atoms with Gasteiger partial charge in [-0.05, 0) is 25.5 Å². The van der Waals surface area contributed by atoms with Crippen molar-refractivity contribution in [2.75, 3.05) is 7.05 Å². The summed E-state index contributed by atoms with van der Waals surface area (Å²) in [6.45, 7) is 4.58. The summed E-state index contributed by atoms with van der Waals surface area (Å²) in [4.78, 5) is 6.88. The molecular weight excluding hydrogens is 411 g/mol. The van der Waals surface area contributed by atoms with Gasteiger partial charge in [0.05, 0.1) is 13.1 Å². The Kier molecular flexibility index (Phi) is 6.18. The summed E-state index contributed by atoms with van der Waals surface area (Å²) in [6.07, 6.45) is 2.21. The van der Waals surface area contributed by atoms with Crippen LogP contribution in [0, 0.1) is 6.92 Å². The average molecular weight is 432 g/mol. The van der Waals surface area contributed by atoms with E-state index in [9.17, 15) is 0 Å². The molecule has 0 fully saturated rings. The minimum atomic E-state index is 0. The molecule has 2 aromatic rings. The number of hydrogen-bond donors (Lipinski definition) is 2. The summed E-state index contributed by atoms with van der Waals surface area (Å²) in [5.41, 5.74) is 0. The maximum atomic E-state index is 4.24. The van der Waals surface area contributed by atoms with E-state index in [1.54, 1.807) is 18.4 Å². The van der Waals surface area contributed by atoms with Gasteiger partial charge in [0, 0.05) is 29.8 Å². The third-order valence-electron chi connectivity index (χ3n) is 3.55. The zero-order valence-corrected chi connectivity index (χ0v) is 15.9. The maximum absolute atomic E-state index is 4.24. The summed E-state index contributed by atoms with van der Waals surface area (Å²) < 4.78 is 2.20. The van der Waals surface area contributed by atoms with Crippen LogP contribution in [0.3, 0.4) is 0 Å². The molecular formula is C14H21IN6S. The van der Waals surface area contributed by atoms with Gasteiger partial charge in [0.25, 0.3) is 0 Å². The van der Waals surface area contributed by atoms with Crippen molar-refractivity contribution in [3.8, 4) is 0 Å². The molecule has 0 atom stereocenters. The zero-order valence-electron chi connectivity index (χ0n) is 12.8. The molecule has 0 saturated carbocycles. The third kappa shape index (κ3) is 3.97. The first kappa shape index (κ1) is 17.2. The Hall–Kier alpha value is -1.16. The number of aromatic nitrogens is 3. The second-order valence-corrected chi connectivity index (χ2v) is 6.45. The Morgan fingerprint density at radius 2 is 2.14 bits per heavy atom. The lowest BCUT2D eigenvalue weighted by molar-refractivity contribution is 0.663. The summed E-state index contributed by atoms with van der Waals surface area (Å²) in [7, 11) is 1.78. The van der Waals surface area contributed by atoms with Crippen molar-refractivity contribution in [3.63, 3.8) is 0 Å². The van der Waals surface area contributed by atoms with Crippen LogP contribution in [0.4, 0.5) is 0 Å². The van der Waals surface area contributed by atoms with Crippen LogP contribution in [0.2, 0.25) is 0 Å². The summed E-state index contributed by atoms with van der Waals surface area (Å²) >= 11 is 1.80. The highest BCUT2D eigenvalue weighted by Gasteiger charge is 2.16. The van der Waals surface area contributed by atoms with E-state index in [4.69, 9.17) is 0 Å². The highest BCUT2D eigenvalue weighted by molar-refractivity contribution is 14.0. The number of fused-ring (bicyclic) bond motifs is 1. The zero-order chi connectivity index (χ0) is 14.7. The molecule has 0 radical (unpaired) electrons. The lowest BCUT2D eigenvalue weighted by atomic mass is 10.4. The lowest BCUT2D eigenvalue weighted by Crippen LogP contribution is -2.36. The van der Waals surface area contributed by atoms with E-state index in [-0.39, 0.29) is 24.0 Å². The van der Waals surface area contributed by atoms with Gasteiger partial charge < -0.3 is 15.2 Å². The largest absolute Gasteiger partial charge is 0.352 e. The van der Waals surface area contributed by atoms with Gasteiger partial charge in [-0.15, -0.1) is 45.5 Å². The van der Waals surface area contributed by atoms with Crippen molar-refractivity contribution in [2.24, 2.45) is 4.99 Å². The van der Waals surface area contributed by atoms with E-state index in [0.717, 1.165) is 37.1 Å². The Labute approximate surface area is 151 Å². The van der Waals surface area contributed by atoms with Gasteiger partial charge in [-0.25, -0.2) is 0 Å². The number of nitrogens with one attached hydrogen (secondary N) is 2. The Morgan fingerprint density at radius 3 is 2.86 bits per heavy atom. The van der Waals surface area contributed by atoms with Crippen LogP contribution in [0.25, 0.3) is 0 Å².